The molecule has 6 nitrogen and oxygen atoms in total. The summed E-state index contributed by atoms with van der Waals surface area (Å²) in [5.41, 5.74) is 0.0788. The highest BCUT2D eigenvalue weighted by molar-refractivity contribution is 7.89. The van der Waals surface area contributed by atoms with E-state index in [1.54, 1.807) is 32.9 Å². The lowest BCUT2D eigenvalue weighted by molar-refractivity contribution is 0.0201. The molecule has 0 spiro atoms. The smallest absolute Gasteiger partial charge is 0.410 e. The summed E-state index contributed by atoms with van der Waals surface area (Å²) in [5, 5.41) is 4.42. The number of sulfonamides is 1. The molecule has 0 bridgehead atoms. The molecule has 1 saturated heterocycles. The van der Waals surface area contributed by atoms with E-state index >= 15 is 0 Å². The van der Waals surface area contributed by atoms with Crippen molar-refractivity contribution in [2.45, 2.75) is 44.0 Å². The highest BCUT2D eigenvalue weighted by Gasteiger charge is 2.37. The van der Waals surface area contributed by atoms with Crippen LogP contribution >= 0.6 is 0 Å². The van der Waals surface area contributed by atoms with E-state index in [4.69, 9.17) is 9.88 Å². The minimum absolute atomic E-state index is 0.00849. The predicted octanol–water partition coefficient (Wildman–Crippen LogP) is 2.21. The Labute approximate surface area is 141 Å². The monoisotopic (exact) mass is 358 g/mol. The lowest BCUT2D eigenvalue weighted by Crippen LogP contribution is -2.50. The van der Waals surface area contributed by atoms with Crippen LogP contribution < -0.4 is 5.14 Å². The Hall–Kier alpha value is -1.67. The van der Waals surface area contributed by atoms with E-state index in [0.29, 0.717) is 6.54 Å². The van der Waals surface area contributed by atoms with Gasteiger partial charge in [0.2, 0.25) is 10.0 Å². The highest BCUT2D eigenvalue weighted by atomic mass is 32.2. The summed E-state index contributed by atoms with van der Waals surface area (Å²) in [6.07, 6.45) is -0.299. The number of hydrogen-bond acceptors (Lipinski definition) is 4. The van der Waals surface area contributed by atoms with Crippen molar-refractivity contribution in [3.63, 3.8) is 0 Å². The summed E-state index contributed by atoms with van der Waals surface area (Å²) in [7, 11) is -3.81. The van der Waals surface area contributed by atoms with E-state index < -0.39 is 27.0 Å². The Morgan fingerprint density at radius 1 is 1.25 bits per heavy atom. The predicted molar refractivity (Wildman–Crippen MR) is 88.5 cm³/mol. The Balaban J connectivity index is 2.26. The number of ether oxygens (including phenoxy) is 1. The maximum atomic E-state index is 13.1. The molecule has 1 fully saturated rings. The van der Waals surface area contributed by atoms with Crippen molar-refractivity contribution >= 4 is 16.1 Å². The van der Waals surface area contributed by atoms with Gasteiger partial charge >= 0.3 is 6.09 Å². The van der Waals surface area contributed by atoms with Crippen LogP contribution in [0.3, 0.4) is 0 Å². The molecule has 1 amide bonds. The molecule has 2 atom stereocenters. The zero-order valence-corrected chi connectivity index (χ0v) is 14.8. The molecule has 1 aliphatic heterocycles. The topological polar surface area (TPSA) is 89.7 Å². The van der Waals surface area contributed by atoms with Gasteiger partial charge in [0, 0.05) is 19.0 Å². The van der Waals surface area contributed by atoms with Crippen molar-refractivity contribution in [3.8, 4) is 0 Å². The maximum Gasteiger partial charge on any atom is 0.410 e. The minimum Gasteiger partial charge on any atom is -0.444 e. The molecule has 1 aromatic rings. The summed E-state index contributed by atoms with van der Waals surface area (Å²) in [6, 6.07) is 5.82. The van der Waals surface area contributed by atoms with Crippen molar-refractivity contribution in [2.75, 3.05) is 13.1 Å². The van der Waals surface area contributed by atoms with Gasteiger partial charge in [-0.2, -0.15) is 0 Å². The van der Waals surface area contributed by atoms with Gasteiger partial charge < -0.3 is 9.64 Å². The minimum atomic E-state index is -3.81. The third-order valence-corrected chi connectivity index (χ3v) is 5.14. The number of primary sulfonamides is 1. The number of nitrogens with two attached hydrogens (primary N) is 1. The van der Waals surface area contributed by atoms with Crippen LogP contribution in [0.2, 0.25) is 0 Å². The van der Waals surface area contributed by atoms with E-state index in [9.17, 15) is 17.6 Å². The molecular weight excluding hydrogens is 335 g/mol. The van der Waals surface area contributed by atoms with Crippen molar-refractivity contribution < 1.29 is 22.3 Å². The van der Waals surface area contributed by atoms with Gasteiger partial charge in [-0.25, -0.2) is 22.7 Å². The SMILES string of the molecule is CC(C)(C)OC(=O)N1CC(c2ccc(F)cc2)CC(S(N)(=O)=O)C1. The Bertz CT molecular complexity index is 698. The van der Waals surface area contributed by atoms with Crippen LogP contribution in [0.15, 0.2) is 24.3 Å². The fraction of sp³-hybridized carbons (Fsp3) is 0.562. The van der Waals surface area contributed by atoms with Crippen molar-refractivity contribution in [3.05, 3.63) is 35.6 Å². The number of hydrogen-bond donors (Lipinski definition) is 1. The highest BCUT2D eigenvalue weighted by Crippen LogP contribution is 2.30. The number of amides is 1. The molecular formula is C16H23FN2O4S. The van der Waals surface area contributed by atoms with Gasteiger partial charge in [0.25, 0.3) is 0 Å². The van der Waals surface area contributed by atoms with Crippen LogP contribution in [-0.4, -0.2) is 43.4 Å². The van der Waals surface area contributed by atoms with E-state index in [-0.39, 0.29) is 24.7 Å². The summed E-state index contributed by atoms with van der Waals surface area (Å²) in [4.78, 5) is 13.7. The van der Waals surface area contributed by atoms with Crippen LogP contribution in [-0.2, 0) is 14.8 Å². The molecule has 0 saturated carbocycles. The van der Waals surface area contributed by atoms with E-state index in [0.717, 1.165) is 5.56 Å². The van der Waals surface area contributed by atoms with Gasteiger partial charge in [-0.3, -0.25) is 0 Å². The summed E-state index contributed by atoms with van der Waals surface area (Å²) in [5.74, 6) is -0.628. The molecule has 24 heavy (non-hydrogen) atoms. The molecule has 8 heteroatoms. The molecule has 1 aliphatic rings. The van der Waals surface area contributed by atoms with Gasteiger partial charge in [-0.15, -0.1) is 0 Å². The second-order valence-corrected chi connectivity index (χ2v) is 8.93. The molecule has 0 radical (unpaired) electrons. The lowest BCUT2D eigenvalue weighted by Gasteiger charge is -2.37. The second kappa shape index (κ2) is 6.68. The third kappa shape index (κ3) is 4.91. The number of halogens is 1. The standard InChI is InChI=1S/C16H23FN2O4S/c1-16(2,3)23-15(20)19-9-12(8-14(10-19)24(18,21)22)11-4-6-13(17)7-5-11/h4-7,12,14H,8-10H2,1-3H3,(H2,18,21,22). The Kier molecular flexibility index (Phi) is 5.19. The van der Waals surface area contributed by atoms with E-state index in [1.807, 2.05) is 0 Å². The van der Waals surface area contributed by atoms with Crippen molar-refractivity contribution in [1.82, 2.24) is 4.90 Å². The summed E-state index contributed by atoms with van der Waals surface area (Å²) < 4.78 is 42.1. The number of benzene rings is 1. The Morgan fingerprint density at radius 3 is 2.33 bits per heavy atom. The number of carbonyl (C=O) groups is 1. The van der Waals surface area contributed by atoms with Crippen LogP contribution in [0.1, 0.15) is 38.7 Å². The van der Waals surface area contributed by atoms with Gasteiger partial charge in [0.15, 0.2) is 0 Å². The van der Waals surface area contributed by atoms with Gasteiger partial charge in [-0.05, 0) is 44.9 Å². The first-order valence-electron chi connectivity index (χ1n) is 7.71. The van der Waals surface area contributed by atoms with Gasteiger partial charge in [-0.1, -0.05) is 12.1 Å². The first-order chi connectivity index (χ1) is 11.0. The average molecular weight is 358 g/mol. The summed E-state index contributed by atoms with van der Waals surface area (Å²) >= 11 is 0. The number of carbonyl (C=O) groups excluding carboxylic acids is 1. The average Bonchev–Trinajstić information content (AvgIpc) is 2.45. The number of likely N-dealkylation sites (tertiary alicyclic amines) is 1. The van der Waals surface area contributed by atoms with Crippen LogP contribution in [0.25, 0.3) is 0 Å². The first-order valence-corrected chi connectivity index (χ1v) is 9.31. The second-order valence-electron chi connectivity index (χ2n) is 7.08. The van der Waals surface area contributed by atoms with Crippen LogP contribution in [0.5, 0.6) is 0 Å². The fourth-order valence-electron chi connectivity index (χ4n) is 2.74. The molecule has 0 aromatic heterocycles. The molecule has 134 valence electrons. The molecule has 1 aromatic carbocycles. The number of piperidine rings is 1. The first kappa shape index (κ1) is 18.7. The zero-order valence-electron chi connectivity index (χ0n) is 14.0. The van der Waals surface area contributed by atoms with Crippen molar-refractivity contribution in [2.24, 2.45) is 5.14 Å². The molecule has 0 aliphatic carbocycles. The Morgan fingerprint density at radius 2 is 1.83 bits per heavy atom. The molecule has 1 heterocycles. The largest absolute Gasteiger partial charge is 0.444 e. The molecule has 2 unspecified atom stereocenters. The van der Waals surface area contributed by atoms with E-state index in [1.165, 1.54) is 17.0 Å². The van der Waals surface area contributed by atoms with Crippen LogP contribution in [0, 0.1) is 5.82 Å². The maximum absolute atomic E-state index is 13.1. The van der Waals surface area contributed by atoms with Gasteiger partial charge in [0.1, 0.15) is 11.4 Å². The lowest BCUT2D eigenvalue weighted by atomic mass is 9.90. The quantitative estimate of drug-likeness (QED) is 0.878. The number of rotatable bonds is 2. The third-order valence-electron chi connectivity index (χ3n) is 3.87. The number of nitrogens with zero attached hydrogens (tertiary/aromatic N) is 1. The zero-order chi connectivity index (χ0) is 18.1. The molecule has 2 rings (SSSR count). The van der Waals surface area contributed by atoms with Crippen molar-refractivity contribution in [1.29, 1.82) is 0 Å². The fourth-order valence-corrected chi connectivity index (χ4v) is 3.63. The molecule has 2 N–H and O–H groups in total. The van der Waals surface area contributed by atoms with E-state index in [2.05, 4.69) is 0 Å². The normalized spacial score (nSPS) is 22.3. The summed E-state index contributed by atoms with van der Waals surface area (Å²) in [6.45, 7) is 5.51. The van der Waals surface area contributed by atoms with Crippen LogP contribution in [0.4, 0.5) is 9.18 Å². The van der Waals surface area contributed by atoms with Gasteiger partial charge in [0.05, 0.1) is 5.25 Å².